The van der Waals surface area contributed by atoms with E-state index < -0.39 is 0 Å². The fraction of sp³-hybridized carbons (Fsp3) is 0.444. The summed E-state index contributed by atoms with van der Waals surface area (Å²) < 4.78 is 6.64. The van der Waals surface area contributed by atoms with E-state index in [9.17, 15) is 0 Å². The lowest BCUT2D eigenvalue weighted by atomic mass is 10.00. The van der Waals surface area contributed by atoms with Crippen LogP contribution in [0.1, 0.15) is 6.92 Å². The van der Waals surface area contributed by atoms with Crippen molar-refractivity contribution in [1.82, 2.24) is 10.3 Å². The Morgan fingerprint density at radius 1 is 1.64 bits per heavy atom. The first-order chi connectivity index (χ1) is 6.59. The van der Waals surface area contributed by atoms with E-state index in [0.717, 1.165) is 23.3 Å². The average Bonchev–Trinajstić information content (AvgIpc) is 2.09. The molecule has 2 rings (SSSR count). The maximum atomic E-state index is 5.82. The van der Waals surface area contributed by atoms with Gasteiger partial charge in [0.15, 0.2) is 0 Å². The van der Waals surface area contributed by atoms with Gasteiger partial charge >= 0.3 is 0 Å². The fourth-order valence-electron chi connectivity index (χ4n) is 1.29. The minimum atomic E-state index is -0.118. The van der Waals surface area contributed by atoms with Crippen molar-refractivity contribution < 1.29 is 4.74 Å². The standard InChI is InChI=1S/C9H10BrClN2O/c1-9(4-12-5-9)14-7-2-8(11)13-3-6(7)10/h2-3,12H,4-5H2,1H3. The highest BCUT2D eigenvalue weighted by atomic mass is 79.9. The van der Waals surface area contributed by atoms with Crippen LogP contribution in [0, 0.1) is 0 Å². The van der Waals surface area contributed by atoms with E-state index in [1.54, 1.807) is 12.3 Å². The summed E-state index contributed by atoms with van der Waals surface area (Å²) in [6.45, 7) is 3.78. The first-order valence-corrected chi connectivity index (χ1v) is 5.47. The third kappa shape index (κ3) is 2.02. The molecule has 14 heavy (non-hydrogen) atoms. The number of nitrogens with one attached hydrogen (secondary N) is 1. The Labute approximate surface area is 95.9 Å². The summed E-state index contributed by atoms with van der Waals surface area (Å²) in [4.78, 5) is 3.94. The Kier molecular flexibility index (Phi) is 2.68. The zero-order valence-corrected chi connectivity index (χ0v) is 10.0. The van der Waals surface area contributed by atoms with E-state index in [1.165, 1.54) is 0 Å². The predicted molar refractivity (Wildman–Crippen MR) is 58.8 cm³/mol. The molecule has 0 bridgehead atoms. The number of hydrogen-bond donors (Lipinski definition) is 1. The van der Waals surface area contributed by atoms with Crippen molar-refractivity contribution in [3.63, 3.8) is 0 Å². The molecule has 3 nitrogen and oxygen atoms in total. The van der Waals surface area contributed by atoms with Crippen LogP contribution in [0.25, 0.3) is 0 Å². The second-order valence-electron chi connectivity index (χ2n) is 3.59. The molecule has 0 aliphatic carbocycles. The molecule has 0 saturated carbocycles. The van der Waals surface area contributed by atoms with Crippen LogP contribution in [0.2, 0.25) is 5.15 Å². The third-order valence-electron chi connectivity index (χ3n) is 2.14. The van der Waals surface area contributed by atoms with Gasteiger partial charge < -0.3 is 10.1 Å². The second-order valence-corrected chi connectivity index (χ2v) is 4.83. The van der Waals surface area contributed by atoms with Gasteiger partial charge in [-0.1, -0.05) is 11.6 Å². The minimum absolute atomic E-state index is 0.118. The molecule has 1 aliphatic heterocycles. The molecular formula is C9H10BrClN2O. The summed E-state index contributed by atoms with van der Waals surface area (Å²) in [5.74, 6) is 0.744. The van der Waals surface area contributed by atoms with Crippen LogP contribution >= 0.6 is 27.5 Å². The topological polar surface area (TPSA) is 34.1 Å². The molecule has 2 heterocycles. The lowest BCUT2D eigenvalue weighted by Crippen LogP contribution is -2.61. The van der Waals surface area contributed by atoms with Crippen molar-refractivity contribution in [2.45, 2.75) is 12.5 Å². The lowest BCUT2D eigenvalue weighted by Gasteiger charge is -2.39. The molecule has 0 unspecified atom stereocenters. The SMILES string of the molecule is CC1(Oc2cc(Cl)ncc2Br)CNC1. The van der Waals surface area contributed by atoms with Crippen LogP contribution in [0.5, 0.6) is 5.75 Å². The Bertz CT molecular complexity index is 355. The van der Waals surface area contributed by atoms with Crippen LogP contribution in [0.3, 0.4) is 0 Å². The molecule has 76 valence electrons. The molecule has 1 aromatic rings. The molecular weight excluding hydrogens is 267 g/mol. The molecule has 1 saturated heterocycles. The number of ether oxygens (including phenoxy) is 1. The van der Waals surface area contributed by atoms with Crippen molar-refractivity contribution in [3.05, 3.63) is 21.9 Å². The van der Waals surface area contributed by atoms with Crippen LogP contribution in [0.15, 0.2) is 16.7 Å². The van der Waals surface area contributed by atoms with Crippen molar-refractivity contribution >= 4 is 27.5 Å². The molecule has 1 aliphatic rings. The number of pyridine rings is 1. The third-order valence-corrected chi connectivity index (χ3v) is 2.94. The van der Waals surface area contributed by atoms with Crippen LogP contribution in [0.4, 0.5) is 0 Å². The largest absolute Gasteiger partial charge is 0.484 e. The van der Waals surface area contributed by atoms with E-state index in [4.69, 9.17) is 16.3 Å². The fourth-order valence-corrected chi connectivity index (χ4v) is 1.73. The first-order valence-electron chi connectivity index (χ1n) is 4.30. The van der Waals surface area contributed by atoms with Gasteiger partial charge in [0, 0.05) is 25.4 Å². The molecule has 1 N–H and O–H groups in total. The summed E-state index contributed by atoms with van der Waals surface area (Å²) in [5.41, 5.74) is -0.118. The quantitative estimate of drug-likeness (QED) is 0.842. The van der Waals surface area contributed by atoms with Gasteiger partial charge in [0.2, 0.25) is 0 Å². The summed E-state index contributed by atoms with van der Waals surface area (Å²) in [6, 6.07) is 1.72. The highest BCUT2D eigenvalue weighted by Gasteiger charge is 2.34. The van der Waals surface area contributed by atoms with Gasteiger partial charge in [-0.15, -0.1) is 0 Å². The first kappa shape index (κ1) is 10.2. The van der Waals surface area contributed by atoms with Crippen LogP contribution < -0.4 is 10.1 Å². The minimum Gasteiger partial charge on any atom is -0.484 e. The van der Waals surface area contributed by atoms with Crippen molar-refractivity contribution in [2.24, 2.45) is 0 Å². The summed E-state index contributed by atoms with van der Waals surface area (Å²) in [6.07, 6.45) is 1.65. The number of aromatic nitrogens is 1. The maximum Gasteiger partial charge on any atom is 0.139 e. The number of nitrogens with zero attached hydrogens (tertiary/aromatic N) is 1. The van der Waals surface area contributed by atoms with Gasteiger partial charge in [0.25, 0.3) is 0 Å². The van der Waals surface area contributed by atoms with E-state index in [0.29, 0.717) is 5.15 Å². The Hall–Kier alpha value is -0.320. The second kappa shape index (κ2) is 3.68. The predicted octanol–water partition coefficient (Wildman–Crippen LogP) is 2.24. The highest BCUT2D eigenvalue weighted by molar-refractivity contribution is 9.10. The summed E-state index contributed by atoms with van der Waals surface area (Å²) in [5, 5.41) is 3.61. The van der Waals surface area contributed by atoms with Gasteiger partial charge in [0.05, 0.1) is 4.47 Å². The van der Waals surface area contributed by atoms with Crippen molar-refractivity contribution in [2.75, 3.05) is 13.1 Å². The van der Waals surface area contributed by atoms with Gasteiger partial charge in [0.1, 0.15) is 16.5 Å². The average molecular weight is 278 g/mol. The zero-order chi connectivity index (χ0) is 10.2. The molecule has 0 aromatic carbocycles. The normalized spacial score (nSPS) is 18.8. The van der Waals surface area contributed by atoms with Crippen molar-refractivity contribution in [3.8, 4) is 5.75 Å². The van der Waals surface area contributed by atoms with E-state index in [2.05, 4.69) is 33.2 Å². The van der Waals surface area contributed by atoms with Gasteiger partial charge in [-0.05, 0) is 22.9 Å². The van der Waals surface area contributed by atoms with E-state index in [1.807, 2.05) is 0 Å². The van der Waals surface area contributed by atoms with Gasteiger partial charge in [-0.25, -0.2) is 4.98 Å². The Morgan fingerprint density at radius 2 is 2.36 bits per heavy atom. The monoisotopic (exact) mass is 276 g/mol. The number of halogens is 2. The molecule has 1 fully saturated rings. The molecule has 0 amide bonds. The smallest absolute Gasteiger partial charge is 0.139 e. The van der Waals surface area contributed by atoms with E-state index >= 15 is 0 Å². The summed E-state index contributed by atoms with van der Waals surface area (Å²) >= 11 is 9.15. The van der Waals surface area contributed by atoms with Crippen molar-refractivity contribution in [1.29, 1.82) is 0 Å². The van der Waals surface area contributed by atoms with E-state index in [-0.39, 0.29) is 5.60 Å². The molecule has 5 heteroatoms. The maximum absolute atomic E-state index is 5.82. The van der Waals surface area contributed by atoms with Crippen LogP contribution in [-0.2, 0) is 0 Å². The molecule has 0 radical (unpaired) electrons. The zero-order valence-electron chi connectivity index (χ0n) is 7.68. The number of hydrogen-bond acceptors (Lipinski definition) is 3. The summed E-state index contributed by atoms with van der Waals surface area (Å²) in [7, 11) is 0. The molecule has 0 atom stereocenters. The molecule has 1 aromatic heterocycles. The highest BCUT2D eigenvalue weighted by Crippen LogP contribution is 2.30. The Balaban J connectivity index is 2.19. The molecule has 0 spiro atoms. The van der Waals surface area contributed by atoms with Gasteiger partial charge in [-0.2, -0.15) is 0 Å². The van der Waals surface area contributed by atoms with Gasteiger partial charge in [-0.3, -0.25) is 0 Å². The Morgan fingerprint density at radius 3 is 2.93 bits per heavy atom. The lowest BCUT2D eigenvalue weighted by molar-refractivity contribution is 0.0341. The van der Waals surface area contributed by atoms with Crippen LogP contribution in [-0.4, -0.2) is 23.7 Å². The number of rotatable bonds is 2.